The lowest BCUT2D eigenvalue weighted by Gasteiger charge is -2.22. The summed E-state index contributed by atoms with van der Waals surface area (Å²) in [5, 5.41) is 21.0. The Bertz CT molecular complexity index is 405. The van der Waals surface area contributed by atoms with Crippen molar-refractivity contribution in [2.24, 2.45) is 0 Å². The topological polar surface area (TPSA) is 86.6 Å². The van der Waals surface area contributed by atoms with E-state index in [1.807, 2.05) is 30.3 Å². The molecular formula is C13H17NO4. The van der Waals surface area contributed by atoms with Crippen LogP contribution in [0.15, 0.2) is 30.3 Å². The number of amides is 1. The summed E-state index contributed by atoms with van der Waals surface area (Å²) in [5.41, 5.74) is 0.931. The average molecular weight is 251 g/mol. The van der Waals surface area contributed by atoms with Crippen LogP contribution in [-0.4, -0.2) is 34.2 Å². The van der Waals surface area contributed by atoms with Crippen LogP contribution in [0.25, 0.3) is 0 Å². The van der Waals surface area contributed by atoms with Crippen molar-refractivity contribution in [1.29, 1.82) is 0 Å². The molecule has 1 amide bonds. The van der Waals surface area contributed by atoms with Gasteiger partial charge in [-0.05, 0) is 12.0 Å². The first-order chi connectivity index (χ1) is 8.49. The van der Waals surface area contributed by atoms with E-state index in [4.69, 9.17) is 5.11 Å². The lowest BCUT2D eigenvalue weighted by atomic mass is 9.99. The number of carboxylic acids is 1. The van der Waals surface area contributed by atoms with Gasteiger partial charge in [-0.3, -0.25) is 9.59 Å². The van der Waals surface area contributed by atoms with Crippen LogP contribution in [0, 0.1) is 0 Å². The third-order valence-corrected chi connectivity index (χ3v) is 2.54. The summed E-state index contributed by atoms with van der Waals surface area (Å²) in [5.74, 6) is -1.38. The van der Waals surface area contributed by atoms with Crippen LogP contribution in [0.4, 0.5) is 0 Å². The van der Waals surface area contributed by atoms with E-state index >= 15 is 0 Å². The first-order valence-electron chi connectivity index (χ1n) is 5.70. The normalized spacial score (nSPS) is 13.7. The van der Waals surface area contributed by atoms with E-state index in [-0.39, 0.29) is 5.91 Å². The second-order valence-electron chi connectivity index (χ2n) is 4.16. The summed E-state index contributed by atoms with van der Waals surface area (Å²) in [6, 6.07) is 8.70. The van der Waals surface area contributed by atoms with Gasteiger partial charge in [-0.1, -0.05) is 30.3 Å². The molecule has 1 aromatic rings. The molecule has 0 aliphatic rings. The molecule has 0 heterocycles. The minimum atomic E-state index is -1.10. The molecule has 3 N–H and O–H groups in total. The van der Waals surface area contributed by atoms with Gasteiger partial charge in [0.1, 0.15) is 0 Å². The molecular weight excluding hydrogens is 234 g/mol. The van der Waals surface area contributed by atoms with E-state index < -0.39 is 24.5 Å². The monoisotopic (exact) mass is 251 g/mol. The van der Waals surface area contributed by atoms with E-state index in [9.17, 15) is 14.7 Å². The smallest absolute Gasteiger partial charge is 0.306 e. The second kappa shape index (κ2) is 6.76. The van der Waals surface area contributed by atoms with Gasteiger partial charge in [0.2, 0.25) is 5.91 Å². The van der Waals surface area contributed by atoms with Gasteiger partial charge in [0.05, 0.1) is 18.6 Å². The number of hydrogen-bond donors (Lipinski definition) is 3. The first-order valence-corrected chi connectivity index (χ1v) is 5.70. The maximum absolute atomic E-state index is 11.1. The highest BCUT2D eigenvalue weighted by Gasteiger charge is 2.22. The molecule has 2 atom stereocenters. The van der Waals surface area contributed by atoms with Crippen molar-refractivity contribution in [3.05, 3.63) is 35.9 Å². The molecule has 98 valence electrons. The highest BCUT2D eigenvalue weighted by Crippen LogP contribution is 2.08. The Hall–Kier alpha value is -1.88. The standard InChI is InChI=1S/C13H17NO4/c1-9(15)14-11(12(16)8-13(17)18)7-10-5-3-2-4-6-10/h2-6,11-12,16H,7-8H2,1H3,(H,14,15)(H,17,18)/t11-,12-/m0/s1. The number of aliphatic hydroxyl groups is 1. The Kier molecular flexibility index (Phi) is 5.32. The van der Waals surface area contributed by atoms with Crippen LogP contribution >= 0.6 is 0 Å². The summed E-state index contributed by atoms with van der Waals surface area (Å²) in [6.07, 6.45) is -1.10. The van der Waals surface area contributed by atoms with Crippen molar-refractivity contribution >= 4 is 11.9 Å². The highest BCUT2D eigenvalue weighted by molar-refractivity contribution is 5.73. The largest absolute Gasteiger partial charge is 0.481 e. The highest BCUT2D eigenvalue weighted by atomic mass is 16.4. The Balaban J connectivity index is 2.71. The zero-order chi connectivity index (χ0) is 13.5. The lowest BCUT2D eigenvalue weighted by Crippen LogP contribution is -2.44. The molecule has 0 unspecified atom stereocenters. The molecule has 0 saturated heterocycles. The summed E-state index contributed by atoms with van der Waals surface area (Å²) < 4.78 is 0. The zero-order valence-corrected chi connectivity index (χ0v) is 10.2. The minimum Gasteiger partial charge on any atom is -0.481 e. The molecule has 18 heavy (non-hydrogen) atoms. The fourth-order valence-corrected chi connectivity index (χ4v) is 1.73. The van der Waals surface area contributed by atoms with Gasteiger partial charge in [-0.15, -0.1) is 0 Å². The predicted octanol–water partition coefficient (Wildman–Crippen LogP) is 0.569. The van der Waals surface area contributed by atoms with Crippen molar-refractivity contribution in [2.75, 3.05) is 0 Å². The Morgan fingerprint density at radius 1 is 1.28 bits per heavy atom. The van der Waals surface area contributed by atoms with Gasteiger partial charge >= 0.3 is 5.97 Å². The maximum Gasteiger partial charge on any atom is 0.306 e. The van der Waals surface area contributed by atoms with Crippen molar-refractivity contribution in [3.8, 4) is 0 Å². The molecule has 0 saturated carbocycles. The maximum atomic E-state index is 11.1. The van der Waals surface area contributed by atoms with Gasteiger partial charge in [0, 0.05) is 6.92 Å². The summed E-state index contributed by atoms with van der Waals surface area (Å²) in [6.45, 7) is 1.34. The molecule has 0 radical (unpaired) electrons. The Morgan fingerprint density at radius 2 is 1.89 bits per heavy atom. The third kappa shape index (κ3) is 4.97. The number of nitrogens with one attached hydrogen (secondary N) is 1. The van der Waals surface area contributed by atoms with Gasteiger partial charge in [-0.2, -0.15) is 0 Å². The van der Waals surface area contributed by atoms with Gasteiger partial charge in [0.25, 0.3) is 0 Å². The van der Waals surface area contributed by atoms with Crippen LogP contribution in [-0.2, 0) is 16.0 Å². The lowest BCUT2D eigenvalue weighted by molar-refractivity contribution is -0.140. The number of hydrogen-bond acceptors (Lipinski definition) is 3. The number of carbonyl (C=O) groups is 2. The molecule has 1 rings (SSSR count). The van der Waals surface area contributed by atoms with Gasteiger partial charge in [-0.25, -0.2) is 0 Å². The van der Waals surface area contributed by atoms with Crippen LogP contribution in [0.2, 0.25) is 0 Å². The minimum absolute atomic E-state index is 0.291. The van der Waals surface area contributed by atoms with E-state index in [1.54, 1.807) is 0 Å². The van der Waals surface area contributed by atoms with Crippen molar-refractivity contribution in [3.63, 3.8) is 0 Å². The van der Waals surface area contributed by atoms with Gasteiger partial charge in [0.15, 0.2) is 0 Å². The SMILES string of the molecule is CC(=O)N[C@@H](Cc1ccccc1)[C@@H](O)CC(=O)O. The van der Waals surface area contributed by atoms with E-state index in [0.29, 0.717) is 6.42 Å². The second-order valence-corrected chi connectivity index (χ2v) is 4.16. The molecule has 0 aromatic heterocycles. The van der Waals surface area contributed by atoms with Crippen LogP contribution in [0.5, 0.6) is 0 Å². The summed E-state index contributed by atoms with van der Waals surface area (Å²) in [4.78, 5) is 21.6. The Morgan fingerprint density at radius 3 is 2.39 bits per heavy atom. The number of carboxylic acid groups (broad SMARTS) is 1. The van der Waals surface area contributed by atoms with Crippen LogP contribution < -0.4 is 5.32 Å². The molecule has 0 aliphatic heterocycles. The molecule has 5 nitrogen and oxygen atoms in total. The first kappa shape index (κ1) is 14.2. The quantitative estimate of drug-likeness (QED) is 0.690. The molecule has 0 fully saturated rings. The van der Waals surface area contributed by atoms with Crippen molar-refractivity contribution in [2.45, 2.75) is 31.9 Å². The van der Waals surface area contributed by atoms with Gasteiger partial charge < -0.3 is 15.5 Å². The van der Waals surface area contributed by atoms with E-state index in [0.717, 1.165) is 5.56 Å². The average Bonchev–Trinajstić information content (AvgIpc) is 2.28. The summed E-state index contributed by atoms with van der Waals surface area (Å²) >= 11 is 0. The number of rotatable bonds is 6. The van der Waals surface area contributed by atoms with Crippen LogP contribution in [0.3, 0.4) is 0 Å². The van der Waals surface area contributed by atoms with Crippen molar-refractivity contribution in [1.82, 2.24) is 5.32 Å². The van der Waals surface area contributed by atoms with E-state index in [2.05, 4.69) is 5.32 Å². The number of benzene rings is 1. The van der Waals surface area contributed by atoms with Crippen molar-refractivity contribution < 1.29 is 19.8 Å². The number of aliphatic carboxylic acids is 1. The fourth-order valence-electron chi connectivity index (χ4n) is 1.73. The number of aliphatic hydroxyl groups excluding tert-OH is 1. The third-order valence-electron chi connectivity index (χ3n) is 2.54. The van der Waals surface area contributed by atoms with Crippen LogP contribution in [0.1, 0.15) is 18.9 Å². The fraction of sp³-hybridized carbons (Fsp3) is 0.385. The summed E-state index contributed by atoms with van der Waals surface area (Å²) in [7, 11) is 0. The molecule has 5 heteroatoms. The predicted molar refractivity (Wildman–Crippen MR) is 66.0 cm³/mol. The zero-order valence-electron chi connectivity index (χ0n) is 10.2. The molecule has 0 spiro atoms. The Labute approximate surface area is 105 Å². The molecule has 0 bridgehead atoms. The number of carbonyl (C=O) groups excluding carboxylic acids is 1. The molecule has 1 aromatic carbocycles. The molecule has 0 aliphatic carbocycles. The van der Waals surface area contributed by atoms with E-state index in [1.165, 1.54) is 6.92 Å².